The molecule has 0 amide bonds. The summed E-state index contributed by atoms with van der Waals surface area (Å²) in [5.74, 6) is 0.700. The van der Waals surface area contributed by atoms with Gasteiger partial charge in [-0.15, -0.1) is 0 Å². The van der Waals surface area contributed by atoms with Crippen molar-refractivity contribution in [3.63, 3.8) is 0 Å². The van der Waals surface area contributed by atoms with Crippen LogP contribution in [0.15, 0.2) is 22.7 Å². The summed E-state index contributed by atoms with van der Waals surface area (Å²) >= 11 is 3.67. The topological polar surface area (TPSA) is 15.3 Å². The fourth-order valence-electron chi connectivity index (χ4n) is 2.79. The molecule has 2 rings (SSSR count). The molecule has 0 bridgehead atoms. The minimum Gasteiger partial charge on any atom is -0.370 e. The van der Waals surface area contributed by atoms with Gasteiger partial charge in [-0.3, -0.25) is 0 Å². The van der Waals surface area contributed by atoms with Crippen LogP contribution in [0, 0.1) is 12.8 Å². The van der Waals surface area contributed by atoms with Gasteiger partial charge in [0.05, 0.1) is 5.69 Å². The summed E-state index contributed by atoms with van der Waals surface area (Å²) in [6.07, 6.45) is 1.23. The molecule has 3 heteroatoms. The number of hydrogen-bond acceptors (Lipinski definition) is 2. The normalized spacial score (nSPS) is 24.3. The summed E-state index contributed by atoms with van der Waals surface area (Å²) in [6.45, 7) is 10.1. The number of anilines is 1. The van der Waals surface area contributed by atoms with E-state index in [1.165, 1.54) is 22.1 Å². The second-order valence-electron chi connectivity index (χ2n) is 5.33. The van der Waals surface area contributed by atoms with Gasteiger partial charge in [0, 0.05) is 23.6 Å². The largest absolute Gasteiger partial charge is 0.370 e. The number of hydrogen-bond donors (Lipinski definition) is 1. The van der Waals surface area contributed by atoms with E-state index < -0.39 is 0 Å². The van der Waals surface area contributed by atoms with E-state index in [9.17, 15) is 0 Å². The molecule has 1 aliphatic rings. The molecule has 18 heavy (non-hydrogen) atoms. The average molecular weight is 311 g/mol. The van der Waals surface area contributed by atoms with Crippen LogP contribution < -0.4 is 10.2 Å². The molecule has 0 aliphatic carbocycles. The Hall–Kier alpha value is -0.540. The van der Waals surface area contributed by atoms with Crippen molar-refractivity contribution in [2.45, 2.75) is 33.2 Å². The third kappa shape index (κ3) is 3.07. The van der Waals surface area contributed by atoms with Gasteiger partial charge in [0.15, 0.2) is 0 Å². The second kappa shape index (κ2) is 6.07. The van der Waals surface area contributed by atoms with Crippen LogP contribution in [0.4, 0.5) is 5.69 Å². The Bertz CT molecular complexity index is 405. The molecular weight excluding hydrogens is 288 g/mol. The van der Waals surface area contributed by atoms with E-state index in [-0.39, 0.29) is 0 Å². The highest BCUT2D eigenvalue weighted by atomic mass is 79.9. The van der Waals surface area contributed by atoms with Crippen molar-refractivity contribution in [3.05, 3.63) is 28.2 Å². The quantitative estimate of drug-likeness (QED) is 0.918. The standard InChI is InChI=1S/C15H23BrN2/c1-4-17-14-7-8-18(10-12(14)3)15-9-11(2)5-6-13(15)16/h5-6,9,12,14,17H,4,7-8,10H2,1-3H3. The highest BCUT2D eigenvalue weighted by Crippen LogP contribution is 2.30. The van der Waals surface area contributed by atoms with Gasteiger partial charge in [0.25, 0.3) is 0 Å². The summed E-state index contributed by atoms with van der Waals surface area (Å²) < 4.78 is 1.21. The Morgan fingerprint density at radius 2 is 2.22 bits per heavy atom. The molecule has 0 spiro atoms. The zero-order chi connectivity index (χ0) is 13.1. The molecule has 0 saturated carbocycles. The van der Waals surface area contributed by atoms with E-state index in [2.05, 4.69) is 65.1 Å². The van der Waals surface area contributed by atoms with Gasteiger partial charge < -0.3 is 10.2 Å². The molecule has 1 aliphatic heterocycles. The molecule has 1 saturated heterocycles. The first-order valence-corrected chi connectivity index (χ1v) is 7.65. The Balaban J connectivity index is 2.10. The van der Waals surface area contributed by atoms with Gasteiger partial charge in [-0.05, 0) is 59.4 Å². The Labute approximate surface area is 119 Å². The number of piperidine rings is 1. The molecule has 100 valence electrons. The number of halogens is 1. The first-order chi connectivity index (χ1) is 8.61. The number of benzene rings is 1. The lowest BCUT2D eigenvalue weighted by atomic mass is 9.93. The number of nitrogens with zero attached hydrogens (tertiary/aromatic N) is 1. The predicted molar refractivity (Wildman–Crippen MR) is 82.3 cm³/mol. The second-order valence-corrected chi connectivity index (χ2v) is 6.19. The van der Waals surface area contributed by atoms with E-state index >= 15 is 0 Å². The van der Waals surface area contributed by atoms with Gasteiger partial charge in [-0.25, -0.2) is 0 Å². The van der Waals surface area contributed by atoms with Crippen LogP contribution >= 0.6 is 15.9 Å². The highest BCUT2D eigenvalue weighted by molar-refractivity contribution is 9.10. The number of aryl methyl sites for hydroxylation is 1. The van der Waals surface area contributed by atoms with Crippen LogP contribution in [0.25, 0.3) is 0 Å². The molecule has 1 aromatic carbocycles. The van der Waals surface area contributed by atoms with Gasteiger partial charge >= 0.3 is 0 Å². The summed E-state index contributed by atoms with van der Waals surface area (Å²) in [7, 11) is 0. The highest BCUT2D eigenvalue weighted by Gasteiger charge is 2.26. The maximum absolute atomic E-state index is 3.67. The monoisotopic (exact) mass is 310 g/mol. The minimum absolute atomic E-state index is 0.676. The maximum Gasteiger partial charge on any atom is 0.0513 e. The molecule has 1 fully saturated rings. The fraction of sp³-hybridized carbons (Fsp3) is 0.600. The molecule has 2 nitrogen and oxygen atoms in total. The zero-order valence-electron chi connectivity index (χ0n) is 11.5. The lowest BCUT2D eigenvalue weighted by molar-refractivity contribution is 0.326. The SMILES string of the molecule is CCNC1CCN(c2cc(C)ccc2Br)CC1C. The van der Waals surface area contributed by atoms with Gasteiger partial charge in [0.1, 0.15) is 0 Å². The van der Waals surface area contributed by atoms with E-state index in [1.54, 1.807) is 0 Å². The Morgan fingerprint density at radius 3 is 2.89 bits per heavy atom. The van der Waals surface area contributed by atoms with Crippen molar-refractivity contribution in [3.8, 4) is 0 Å². The lowest BCUT2D eigenvalue weighted by Gasteiger charge is -2.39. The van der Waals surface area contributed by atoms with Crippen LogP contribution in [-0.4, -0.2) is 25.7 Å². The van der Waals surface area contributed by atoms with Crippen LogP contribution in [-0.2, 0) is 0 Å². The van der Waals surface area contributed by atoms with Crippen molar-refractivity contribution in [2.24, 2.45) is 5.92 Å². The first-order valence-electron chi connectivity index (χ1n) is 6.86. The predicted octanol–water partition coefficient (Wildman–Crippen LogP) is 3.58. The fourth-order valence-corrected chi connectivity index (χ4v) is 3.29. The molecule has 1 heterocycles. The van der Waals surface area contributed by atoms with E-state index in [1.807, 2.05) is 0 Å². The Kier molecular flexibility index (Phi) is 4.68. The zero-order valence-corrected chi connectivity index (χ0v) is 13.1. The number of rotatable bonds is 3. The van der Waals surface area contributed by atoms with Crippen molar-refractivity contribution in [1.29, 1.82) is 0 Å². The third-order valence-electron chi connectivity index (χ3n) is 3.81. The van der Waals surface area contributed by atoms with Gasteiger partial charge in [0.2, 0.25) is 0 Å². The minimum atomic E-state index is 0.676. The molecule has 0 aromatic heterocycles. The number of nitrogens with one attached hydrogen (secondary N) is 1. The Morgan fingerprint density at radius 1 is 1.44 bits per heavy atom. The first kappa shape index (κ1) is 13.9. The maximum atomic E-state index is 3.67. The third-order valence-corrected chi connectivity index (χ3v) is 4.48. The van der Waals surface area contributed by atoms with E-state index in [4.69, 9.17) is 0 Å². The summed E-state index contributed by atoms with van der Waals surface area (Å²) in [4.78, 5) is 2.51. The molecule has 2 atom stereocenters. The van der Waals surface area contributed by atoms with Crippen LogP contribution in [0.2, 0.25) is 0 Å². The molecule has 2 unspecified atom stereocenters. The van der Waals surface area contributed by atoms with Crippen molar-refractivity contribution in [2.75, 3.05) is 24.5 Å². The summed E-state index contributed by atoms with van der Waals surface area (Å²) in [5.41, 5.74) is 2.67. The molecule has 1 N–H and O–H groups in total. The van der Waals surface area contributed by atoms with Crippen LogP contribution in [0.1, 0.15) is 25.8 Å². The molecule has 1 aromatic rings. The lowest BCUT2D eigenvalue weighted by Crippen LogP contribution is -2.48. The van der Waals surface area contributed by atoms with Crippen LogP contribution in [0.5, 0.6) is 0 Å². The van der Waals surface area contributed by atoms with Crippen LogP contribution in [0.3, 0.4) is 0 Å². The molecular formula is C15H23BrN2. The van der Waals surface area contributed by atoms with Crippen molar-refractivity contribution < 1.29 is 0 Å². The summed E-state index contributed by atoms with van der Waals surface area (Å²) in [6, 6.07) is 7.27. The molecule has 0 radical (unpaired) electrons. The summed E-state index contributed by atoms with van der Waals surface area (Å²) in [5, 5.41) is 3.59. The van der Waals surface area contributed by atoms with E-state index in [0.717, 1.165) is 19.6 Å². The average Bonchev–Trinajstić information content (AvgIpc) is 2.35. The van der Waals surface area contributed by atoms with Crippen molar-refractivity contribution >= 4 is 21.6 Å². The van der Waals surface area contributed by atoms with E-state index in [0.29, 0.717) is 12.0 Å². The van der Waals surface area contributed by atoms with Gasteiger partial charge in [-0.2, -0.15) is 0 Å². The van der Waals surface area contributed by atoms with Gasteiger partial charge in [-0.1, -0.05) is 19.9 Å². The smallest absolute Gasteiger partial charge is 0.0513 e. The van der Waals surface area contributed by atoms with Crippen molar-refractivity contribution in [1.82, 2.24) is 5.32 Å².